The Morgan fingerprint density at radius 3 is 3.00 bits per heavy atom. The van der Waals surface area contributed by atoms with E-state index in [-0.39, 0.29) is 11.7 Å². The van der Waals surface area contributed by atoms with E-state index >= 15 is 0 Å². The Kier molecular flexibility index (Phi) is 5.04. The van der Waals surface area contributed by atoms with Gasteiger partial charge in [-0.15, -0.1) is 11.8 Å². The smallest absolute Gasteiger partial charge is 0.220 e. The molecule has 1 rings (SSSR count). The molecule has 2 N–H and O–H groups in total. The first-order valence-electron chi connectivity index (χ1n) is 4.91. The number of benzene rings is 1. The Morgan fingerprint density at radius 2 is 2.33 bits per heavy atom. The molecule has 15 heavy (non-hydrogen) atoms. The average Bonchev–Trinajstić information content (AvgIpc) is 2.18. The summed E-state index contributed by atoms with van der Waals surface area (Å²) in [6.07, 6.45) is 0.508. The maximum Gasteiger partial charge on any atom is 0.220 e. The molecule has 0 atom stereocenters. The van der Waals surface area contributed by atoms with E-state index in [9.17, 15) is 9.90 Å². The second-order valence-electron chi connectivity index (χ2n) is 3.05. The molecule has 0 saturated carbocycles. The van der Waals surface area contributed by atoms with E-state index < -0.39 is 0 Å². The second kappa shape index (κ2) is 6.35. The van der Waals surface area contributed by atoms with Crippen LogP contribution in [-0.4, -0.2) is 23.3 Å². The molecule has 0 spiro atoms. The van der Waals surface area contributed by atoms with Crippen LogP contribution >= 0.6 is 11.8 Å². The van der Waals surface area contributed by atoms with Crippen molar-refractivity contribution < 1.29 is 9.90 Å². The summed E-state index contributed by atoms with van der Waals surface area (Å²) in [4.78, 5) is 12.1. The van der Waals surface area contributed by atoms with Gasteiger partial charge in [0.1, 0.15) is 5.75 Å². The highest BCUT2D eigenvalue weighted by Crippen LogP contribution is 2.22. The number of hydrogen-bond acceptors (Lipinski definition) is 3. The summed E-state index contributed by atoms with van der Waals surface area (Å²) in [6, 6.07) is 7.04. The molecule has 0 aliphatic heterocycles. The number of amides is 1. The van der Waals surface area contributed by atoms with E-state index in [0.29, 0.717) is 13.0 Å². The molecule has 0 radical (unpaired) electrons. The molecule has 82 valence electrons. The van der Waals surface area contributed by atoms with Gasteiger partial charge < -0.3 is 10.4 Å². The minimum absolute atomic E-state index is 0.0742. The average molecular weight is 225 g/mol. The molecule has 0 fully saturated rings. The largest absolute Gasteiger partial charge is 0.508 e. The lowest BCUT2D eigenvalue weighted by molar-refractivity contribution is -0.120. The number of phenols is 1. The first-order valence-corrected chi connectivity index (χ1v) is 5.89. The van der Waals surface area contributed by atoms with E-state index in [2.05, 4.69) is 5.32 Å². The third-order valence-electron chi connectivity index (χ3n) is 1.79. The highest BCUT2D eigenvalue weighted by molar-refractivity contribution is 7.99. The van der Waals surface area contributed by atoms with Crippen LogP contribution in [0.1, 0.15) is 13.3 Å². The zero-order valence-corrected chi connectivity index (χ0v) is 9.51. The predicted molar refractivity (Wildman–Crippen MR) is 62.1 cm³/mol. The summed E-state index contributed by atoms with van der Waals surface area (Å²) >= 11 is 1.57. The fourth-order valence-electron chi connectivity index (χ4n) is 1.12. The van der Waals surface area contributed by atoms with Crippen LogP contribution < -0.4 is 5.32 Å². The van der Waals surface area contributed by atoms with E-state index in [0.717, 1.165) is 10.6 Å². The SMILES string of the molecule is CCNC(=O)CCSc1cccc(O)c1. The monoisotopic (exact) mass is 225 g/mol. The van der Waals surface area contributed by atoms with Crippen LogP contribution in [0.5, 0.6) is 5.75 Å². The predicted octanol–water partition coefficient (Wildman–Crippen LogP) is 2.01. The lowest BCUT2D eigenvalue weighted by atomic mass is 10.3. The number of hydrogen-bond donors (Lipinski definition) is 2. The van der Waals surface area contributed by atoms with Gasteiger partial charge in [0, 0.05) is 23.6 Å². The first-order chi connectivity index (χ1) is 7.22. The highest BCUT2D eigenvalue weighted by Gasteiger charge is 2.00. The van der Waals surface area contributed by atoms with Gasteiger partial charge in [-0.05, 0) is 25.1 Å². The summed E-state index contributed by atoms with van der Waals surface area (Å²) in [5.74, 6) is 1.07. The van der Waals surface area contributed by atoms with Crippen molar-refractivity contribution in [2.45, 2.75) is 18.2 Å². The van der Waals surface area contributed by atoms with Crippen molar-refractivity contribution in [2.24, 2.45) is 0 Å². The van der Waals surface area contributed by atoms with Crippen LogP contribution in [0, 0.1) is 0 Å². The van der Waals surface area contributed by atoms with Crippen LogP contribution in [0.3, 0.4) is 0 Å². The molecule has 1 amide bonds. The number of aromatic hydroxyl groups is 1. The van der Waals surface area contributed by atoms with Gasteiger partial charge in [-0.1, -0.05) is 6.07 Å². The normalized spacial score (nSPS) is 9.93. The number of phenolic OH excluding ortho intramolecular Hbond substituents is 1. The quantitative estimate of drug-likeness (QED) is 0.754. The zero-order valence-electron chi connectivity index (χ0n) is 8.69. The third kappa shape index (κ3) is 4.74. The maximum absolute atomic E-state index is 11.1. The number of nitrogens with one attached hydrogen (secondary N) is 1. The minimum Gasteiger partial charge on any atom is -0.508 e. The Hall–Kier alpha value is -1.16. The fourth-order valence-corrected chi connectivity index (χ4v) is 2.02. The van der Waals surface area contributed by atoms with E-state index in [1.54, 1.807) is 30.0 Å². The lowest BCUT2D eigenvalue weighted by Gasteiger charge is -2.02. The van der Waals surface area contributed by atoms with Crippen LogP contribution in [0.15, 0.2) is 29.2 Å². The molecule has 0 bridgehead atoms. The van der Waals surface area contributed by atoms with Crippen molar-refractivity contribution in [3.05, 3.63) is 24.3 Å². The van der Waals surface area contributed by atoms with Gasteiger partial charge in [0.2, 0.25) is 5.91 Å². The van der Waals surface area contributed by atoms with Crippen molar-refractivity contribution in [3.63, 3.8) is 0 Å². The Morgan fingerprint density at radius 1 is 1.53 bits per heavy atom. The highest BCUT2D eigenvalue weighted by atomic mass is 32.2. The van der Waals surface area contributed by atoms with Gasteiger partial charge >= 0.3 is 0 Å². The van der Waals surface area contributed by atoms with Crippen LogP contribution in [0.4, 0.5) is 0 Å². The van der Waals surface area contributed by atoms with Crippen molar-refractivity contribution in [1.82, 2.24) is 5.32 Å². The molecule has 0 aromatic heterocycles. The third-order valence-corrected chi connectivity index (χ3v) is 2.78. The summed E-state index contributed by atoms with van der Waals surface area (Å²) < 4.78 is 0. The first kappa shape index (κ1) is 11.9. The molecular weight excluding hydrogens is 210 g/mol. The molecule has 3 nitrogen and oxygen atoms in total. The summed E-state index contributed by atoms with van der Waals surface area (Å²) in [5.41, 5.74) is 0. The van der Waals surface area contributed by atoms with Crippen molar-refractivity contribution >= 4 is 17.7 Å². The number of carbonyl (C=O) groups excluding carboxylic acids is 1. The summed E-state index contributed by atoms with van der Waals surface area (Å²) in [5, 5.41) is 12.0. The zero-order chi connectivity index (χ0) is 11.1. The van der Waals surface area contributed by atoms with Gasteiger partial charge in [-0.25, -0.2) is 0 Å². The molecular formula is C11H15NO2S. The minimum atomic E-state index is 0.0742. The topological polar surface area (TPSA) is 49.3 Å². The van der Waals surface area contributed by atoms with Crippen molar-refractivity contribution in [3.8, 4) is 5.75 Å². The standard InChI is InChI=1S/C11H15NO2S/c1-2-12-11(14)6-7-15-10-5-3-4-9(13)8-10/h3-5,8,13H,2,6-7H2,1H3,(H,12,14). The molecule has 0 heterocycles. The molecule has 0 aliphatic rings. The molecule has 1 aromatic rings. The second-order valence-corrected chi connectivity index (χ2v) is 4.22. The van der Waals surface area contributed by atoms with Crippen LogP contribution in [0.25, 0.3) is 0 Å². The van der Waals surface area contributed by atoms with Crippen molar-refractivity contribution in [2.75, 3.05) is 12.3 Å². The molecule has 1 aromatic carbocycles. The van der Waals surface area contributed by atoms with Crippen molar-refractivity contribution in [1.29, 1.82) is 0 Å². The number of rotatable bonds is 5. The Balaban J connectivity index is 2.28. The van der Waals surface area contributed by atoms with Crippen LogP contribution in [-0.2, 0) is 4.79 Å². The molecule has 0 unspecified atom stereocenters. The fraction of sp³-hybridized carbons (Fsp3) is 0.364. The van der Waals surface area contributed by atoms with Gasteiger partial charge in [-0.2, -0.15) is 0 Å². The van der Waals surface area contributed by atoms with Gasteiger partial charge in [0.05, 0.1) is 0 Å². The molecule has 0 aliphatic carbocycles. The van der Waals surface area contributed by atoms with Crippen LogP contribution in [0.2, 0.25) is 0 Å². The Bertz CT molecular complexity index is 328. The van der Waals surface area contributed by atoms with E-state index in [4.69, 9.17) is 0 Å². The summed E-state index contributed by atoms with van der Waals surface area (Å²) in [6.45, 7) is 2.58. The van der Waals surface area contributed by atoms with Gasteiger partial charge in [0.15, 0.2) is 0 Å². The van der Waals surface area contributed by atoms with Gasteiger partial charge in [-0.3, -0.25) is 4.79 Å². The number of thioether (sulfide) groups is 1. The molecule has 4 heteroatoms. The number of carbonyl (C=O) groups is 1. The summed E-state index contributed by atoms with van der Waals surface area (Å²) in [7, 11) is 0. The van der Waals surface area contributed by atoms with E-state index in [1.165, 1.54) is 0 Å². The Labute approximate surface area is 93.9 Å². The van der Waals surface area contributed by atoms with Gasteiger partial charge in [0.25, 0.3) is 0 Å². The molecule has 0 saturated heterocycles. The van der Waals surface area contributed by atoms with E-state index in [1.807, 2.05) is 13.0 Å². The maximum atomic E-state index is 11.1. The lowest BCUT2D eigenvalue weighted by Crippen LogP contribution is -2.22.